The Bertz CT molecular complexity index is 110. The minimum Gasteiger partial charge on any atom is -0.305 e. The predicted octanol–water partition coefficient (Wildman–Crippen LogP) is 1.35. The second kappa shape index (κ2) is 4.45. The Morgan fingerprint density at radius 2 is 1.90 bits per heavy atom. The molecule has 1 atom stereocenters. The smallest absolute Gasteiger partial charge is 0.149 e. The summed E-state index contributed by atoms with van der Waals surface area (Å²) in [7, 11) is 0. The number of carbonyl (C=O) groups is 1. The zero-order valence-electron chi connectivity index (χ0n) is 7.27. The monoisotopic (exact) mass is 143 g/mol. The Balaban J connectivity index is 3.61. The zero-order valence-corrected chi connectivity index (χ0v) is 7.27. The summed E-state index contributed by atoms with van der Waals surface area (Å²) in [4.78, 5) is 11.0. The normalized spacial score (nSPS) is 13.7. The number of Topliss-reactive ketones (excluding diaryl/α,β-unsaturated/α-hetero) is 1. The highest BCUT2D eigenvalue weighted by molar-refractivity contribution is 5.83. The summed E-state index contributed by atoms with van der Waals surface area (Å²) in [5.41, 5.74) is 0. The van der Waals surface area contributed by atoms with Crippen LogP contribution in [-0.4, -0.2) is 17.9 Å². The first-order valence-electron chi connectivity index (χ1n) is 3.86. The number of ketones is 1. The molecule has 0 aromatic rings. The van der Waals surface area contributed by atoms with Crippen molar-refractivity contribution < 1.29 is 4.79 Å². The third-order valence-electron chi connectivity index (χ3n) is 1.41. The lowest BCUT2D eigenvalue weighted by molar-refractivity contribution is -0.120. The van der Waals surface area contributed by atoms with Crippen LogP contribution < -0.4 is 5.32 Å². The Labute approximate surface area is 63.0 Å². The van der Waals surface area contributed by atoms with Crippen LogP contribution in [0, 0.1) is 0 Å². The topological polar surface area (TPSA) is 29.1 Å². The van der Waals surface area contributed by atoms with E-state index in [2.05, 4.69) is 5.32 Å². The molecule has 0 fully saturated rings. The van der Waals surface area contributed by atoms with Crippen molar-refractivity contribution in [3.8, 4) is 0 Å². The van der Waals surface area contributed by atoms with Crippen LogP contribution in [0.3, 0.4) is 0 Å². The molecule has 0 aliphatic heterocycles. The third-order valence-corrected chi connectivity index (χ3v) is 1.41. The number of nitrogens with one attached hydrogen (secondary N) is 1. The molecule has 0 saturated heterocycles. The summed E-state index contributed by atoms with van der Waals surface area (Å²) in [5, 5.41) is 3.14. The van der Waals surface area contributed by atoms with Gasteiger partial charge in [-0.3, -0.25) is 4.79 Å². The number of carbonyl (C=O) groups excluding carboxylic acids is 1. The summed E-state index contributed by atoms with van der Waals surface area (Å²) in [6, 6.07) is 0.412. The van der Waals surface area contributed by atoms with Gasteiger partial charge >= 0.3 is 0 Å². The van der Waals surface area contributed by atoms with Crippen molar-refractivity contribution in [2.75, 3.05) is 0 Å². The molecule has 0 aromatic heterocycles. The molecule has 0 radical (unpaired) electrons. The van der Waals surface area contributed by atoms with Gasteiger partial charge in [0.2, 0.25) is 0 Å². The van der Waals surface area contributed by atoms with Gasteiger partial charge < -0.3 is 5.32 Å². The Morgan fingerprint density at radius 3 is 2.20 bits per heavy atom. The van der Waals surface area contributed by atoms with Crippen molar-refractivity contribution in [1.82, 2.24) is 5.32 Å². The van der Waals surface area contributed by atoms with Gasteiger partial charge in [0, 0.05) is 12.5 Å². The van der Waals surface area contributed by atoms with Gasteiger partial charge in [0.05, 0.1) is 6.04 Å². The summed E-state index contributed by atoms with van der Waals surface area (Å²) in [5.74, 6) is 0.286. The summed E-state index contributed by atoms with van der Waals surface area (Å²) < 4.78 is 0. The van der Waals surface area contributed by atoms with Crippen molar-refractivity contribution >= 4 is 5.78 Å². The van der Waals surface area contributed by atoms with E-state index in [1.54, 1.807) is 0 Å². The molecule has 1 unspecified atom stereocenters. The minimum atomic E-state index is 0.0185. The summed E-state index contributed by atoms with van der Waals surface area (Å²) in [6.07, 6.45) is 0.626. The van der Waals surface area contributed by atoms with Gasteiger partial charge in [-0.05, 0) is 6.92 Å². The van der Waals surface area contributed by atoms with Gasteiger partial charge in [0.1, 0.15) is 5.78 Å². The van der Waals surface area contributed by atoms with Crippen molar-refractivity contribution in [1.29, 1.82) is 0 Å². The van der Waals surface area contributed by atoms with Gasteiger partial charge in [-0.15, -0.1) is 0 Å². The predicted molar refractivity (Wildman–Crippen MR) is 43.0 cm³/mol. The Hall–Kier alpha value is -0.370. The largest absolute Gasteiger partial charge is 0.305 e. The van der Waals surface area contributed by atoms with Gasteiger partial charge in [-0.25, -0.2) is 0 Å². The highest BCUT2D eigenvalue weighted by Crippen LogP contribution is 1.91. The Morgan fingerprint density at radius 1 is 1.40 bits per heavy atom. The van der Waals surface area contributed by atoms with Crippen LogP contribution in [0.1, 0.15) is 34.1 Å². The molecular weight excluding hydrogens is 126 g/mol. The molecule has 0 spiro atoms. The third kappa shape index (κ3) is 3.62. The van der Waals surface area contributed by atoms with Gasteiger partial charge in [-0.2, -0.15) is 0 Å². The number of rotatable bonds is 4. The maximum Gasteiger partial charge on any atom is 0.149 e. The van der Waals surface area contributed by atoms with E-state index in [4.69, 9.17) is 0 Å². The van der Waals surface area contributed by atoms with Gasteiger partial charge in [0.15, 0.2) is 0 Å². The van der Waals surface area contributed by atoms with Crippen LogP contribution in [0.25, 0.3) is 0 Å². The quantitative estimate of drug-likeness (QED) is 0.643. The Kier molecular flexibility index (Phi) is 4.28. The van der Waals surface area contributed by atoms with Gasteiger partial charge in [-0.1, -0.05) is 20.8 Å². The maximum atomic E-state index is 11.0. The molecule has 0 amide bonds. The van der Waals surface area contributed by atoms with Crippen LogP contribution in [0.15, 0.2) is 0 Å². The molecule has 10 heavy (non-hydrogen) atoms. The van der Waals surface area contributed by atoms with E-state index in [1.165, 1.54) is 0 Å². The van der Waals surface area contributed by atoms with Crippen LogP contribution in [0.5, 0.6) is 0 Å². The first-order chi connectivity index (χ1) is 4.57. The minimum absolute atomic E-state index is 0.0185. The fourth-order valence-electron chi connectivity index (χ4n) is 0.899. The average molecular weight is 143 g/mol. The molecule has 0 saturated carbocycles. The molecule has 0 aliphatic rings. The lowest BCUT2D eigenvalue weighted by Crippen LogP contribution is -2.38. The standard InChI is InChI=1S/C8H17NO/c1-5-8(10)7(4)9-6(2)3/h6-7,9H,5H2,1-4H3. The van der Waals surface area contributed by atoms with E-state index in [9.17, 15) is 4.79 Å². The molecule has 2 nitrogen and oxygen atoms in total. The van der Waals surface area contributed by atoms with E-state index in [0.29, 0.717) is 12.5 Å². The fourth-order valence-corrected chi connectivity index (χ4v) is 0.899. The second-order valence-corrected chi connectivity index (χ2v) is 2.86. The zero-order chi connectivity index (χ0) is 8.15. The van der Waals surface area contributed by atoms with Crippen LogP contribution in [0.4, 0.5) is 0 Å². The van der Waals surface area contributed by atoms with Gasteiger partial charge in [0.25, 0.3) is 0 Å². The molecule has 60 valence electrons. The van der Waals surface area contributed by atoms with E-state index in [-0.39, 0.29) is 11.8 Å². The first kappa shape index (κ1) is 9.63. The molecule has 1 N–H and O–H groups in total. The molecule has 0 aliphatic carbocycles. The van der Waals surface area contributed by atoms with Crippen molar-refractivity contribution in [2.45, 2.75) is 46.2 Å². The van der Waals surface area contributed by atoms with E-state index < -0.39 is 0 Å². The molecule has 0 heterocycles. The average Bonchev–Trinajstić information content (AvgIpc) is 1.85. The molecule has 2 heteroatoms. The first-order valence-corrected chi connectivity index (χ1v) is 3.86. The van der Waals surface area contributed by atoms with Crippen molar-refractivity contribution in [2.24, 2.45) is 0 Å². The summed E-state index contributed by atoms with van der Waals surface area (Å²) in [6.45, 7) is 7.88. The number of hydrogen-bond donors (Lipinski definition) is 1. The second-order valence-electron chi connectivity index (χ2n) is 2.86. The summed E-state index contributed by atoms with van der Waals surface area (Å²) >= 11 is 0. The lowest BCUT2D eigenvalue weighted by atomic mass is 10.1. The maximum absolute atomic E-state index is 11.0. The van der Waals surface area contributed by atoms with Crippen molar-refractivity contribution in [3.63, 3.8) is 0 Å². The SMILES string of the molecule is CCC(=O)C(C)NC(C)C. The van der Waals surface area contributed by atoms with E-state index in [0.717, 1.165) is 0 Å². The van der Waals surface area contributed by atoms with Crippen LogP contribution >= 0.6 is 0 Å². The molecule has 0 bridgehead atoms. The number of hydrogen-bond acceptors (Lipinski definition) is 2. The van der Waals surface area contributed by atoms with Crippen molar-refractivity contribution in [3.05, 3.63) is 0 Å². The van der Waals surface area contributed by atoms with E-state index in [1.807, 2.05) is 27.7 Å². The lowest BCUT2D eigenvalue weighted by Gasteiger charge is -2.14. The molecule has 0 rings (SSSR count). The van der Waals surface area contributed by atoms with Crippen LogP contribution in [-0.2, 0) is 4.79 Å². The van der Waals surface area contributed by atoms with E-state index >= 15 is 0 Å². The highest BCUT2D eigenvalue weighted by atomic mass is 16.1. The molecular formula is C8H17NO. The molecule has 0 aromatic carbocycles. The fraction of sp³-hybridized carbons (Fsp3) is 0.875. The highest BCUT2D eigenvalue weighted by Gasteiger charge is 2.09. The van der Waals surface area contributed by atoms with Crippen LogP contribution in [0.2, 0.25) is 0 Å².